The van der Waals surface area contributed by atoms with Gasteiger partial charge in [0.2, 0.25) is 0 Å². The van der Waals surface area contributed by atoms with Gasteiger partial charge in [0, 0.05) is 17.6 Å². The smallest absolute Gasteiger partial charge is 0.273 e. The van der Waals surface area contributed by atoms with Gasteiger partial charge in [-0.3, -0.25) is 4.79 Å². The van der Waals surface area contributed by atoms with Gasteiger partial charge in [0.25, 0.3) is 5.91 Å². The minimum Gasteiger partial charge on any atom is -0.330 e. The molecule has 1 amide bonds. The molecule has 2 aliphatic rings. The predicted molar refractivity (Wildman–Crippen MR) is 115 cm³/mol. The highest BCUT2D eigenvalue weighted by Crippen LogP contribution is 2.34. The Labute approximate surface area is 176 Å². The van der Waals surface area contributed by atoms with Crippen LogP contribution in [0.2, 0.25) is 0 Å². The lowest BCUT2D eigenvalue weighted by molar-refractivity contribution is 0.0671. The van der Waals surface area contributed by atoms with E-state index in [2.05, 4.69) is 0 Å². The largest absolute Gasteiger partial charge is 0.330 e. The van der Waals surface area contributed by atoms with Crippen molar-refractivity contribution in [3.63, 3.8) is 0 Å². The van der Waals surface area contributed by atoms with Gasteiger partial charge in [0.05, 0.1) is 22.9 Å². The number of sulfone groups is 1. The zero-order chi connectivity index (χ0) is 20.7. The molecule has 3 aromatic rings. The number of carbonyl (C=O) groups excluding carboxylic acids is 1. The van der Waals surface area contributed by atoms with Gasteiger partial charge < -0.3 is 4.90 Å². The number of para-hydroxylation sites is 1. The van der Waals surface area contributed by atoms with Crippen molar-refractivity contribution in [3.05, 3.63) is 72.4 Å². The lowest BCUT2D eigenvalue weighted by Crippen LogP contribution is -2.43. The molecule has 0 unspecified atom stereocenters. The summed E-state index contributed by atoms with van der Waals surface area (Å²) < 4.78 is 25.8. The third kappa shape index (κ3) is 3.65. The van der Waals surface area contributed by atoms with Gasteiger partial charge in [-0.05, 0) is 37.5 Å². The SMILES string of the molecule is O=C(c1cc(-c2ccccc2)nn1-c1ccccc1)N(C1CC1)[C@H]1CCS(=O)(=O)C1. The molecule has 0 spiro atoms. The number of amides is 1. The highest BCUT2D eigenvalue weighted by atomic mass is 32.2. The van der Waals surface area contributed by atoms with Crippen LogP contribution >= 0.6 is 0 Å². The first kappa shape index (κ1) is 19.1. The van der Waals surface area contributed by atoms with Gasteiger partial charge >= 0.3 is 0 Å². The maximum absolute atomic E-state index is 13.7. The number of benzene rings is 2. The van der Waals surface area contributed by atoms with E-state index in [9.17, 15) is 13.2 Å². The van der Waals surface area contributed by atoms with Crippen molar-refractivity contribution in [2.75, 3.05) is 11.5 Å². The van der Waals surface area contributed by atoms with Gasteiger partial charge in [-0.1, -0.05) is 48.5 Å². The summed E-state index contributed by atoms with van der Waals surface area (Å²) in [5, 5.41) is 4.74. The molecule has 2 fully saturated rings. The number of aromatic nitrogens is 2. The van der Waals surface area contributed by atoms with Gasteiger partial charge in [-0.2, -0.15) is 5.10 Å². The van der Waals surface area contributed by atoms with Crippen LogP contribution in [0, 0.1) is 0 Å². The first-order valence-electron chi connectivity index (χ1n) is 10.3. The summed E-state index contributed by atoms with van der Waals surface area (Å²) in [6, 6.07) is 21.0. The minimum atomic E-state index is -3.08. The van der Waals surface area contributed by atoms with Crippen molar-refractivity contribution in [3.8, 4) is 16.9 Å². The molecule has 1 saturated heterocycles. The summed E-state index contributed by atoms with van der Waals surface area (Å²) in [5.74, 6) is 0.0693. The Kier molecular flexibility index (Phi) is 4.70. The zero-order valence-electron chi connectivity index (χ0n) is 16.5. The Balaban J connectivity index is 1.58. The second-order valence-corrected chi connectivity index (χ2v) is 10.3. The van der Waals surface area contributed by atoms with Crippen LogP contribution in [0.1, 0.15) is 29.8 Å². The van der Waals surface area contributed by atoms with E-state index in [-0.39, 0.29) is 29.5 Å². The van der Waals surface area contributed by atoms with E-state index in [0.717, 1.165) is 29.8 Å². The first-order valence-corrected chi connectivity index (χ1v) is 12.1. The maximum atomic E-state index is 13.7. The molecule has 1 aliphatic heterocycles. The summed E-state index contributed by atoms with van der Waals surface area (Å²) in [4.78, 5) is 15.5. The van der Waals surface area contributed by atoms with Gasteiger partial charge in [-0.15, -0.1) is 0 Å². The average Bonchev–Trinajstić information content (AvgIpc) is 3.37. The highest BCUT2D eigenvalue weighted by molar-refractivity contribution is 7.91. The Hall–Kier alpha value is -2.93. The van der Waals surface area contributed by atoms with Crippen molar-refractivity contribution in [1.29, 1.82) is 0 Å². The third-order valence-corrected chi connectivity index (χ3v) is 7.53. The standard InChI is InChI=1S/C23H23N3O3S/c27-23(25(18-11-12-18)20-13-14-30(28,29)16-20)22-15-21(17-7-3-1-4-8-17)24-26(22)19-9-5-2-6-10-19/h1-10,15,18,20H,11-14,16H2/t20-/m0/s1. The number of nitrogens with zero attached hydrogens (tertiary/aromatic N) is 3. The Morgan fingerprint density at radius 2 is 1.60 bits per heavy atom. The van der Waals surface area contributed by atoms with E-state index in [1.807, 2.05) is 71.6 Å². The quantitative estimate of drug-likeness (QED) is 0.634. The second kappa shape index (κ2) is 7.40. The number of carbonyl (C=O) groups is 1. The molecule has 30 heavy (non-hydrogen) atoms. The van der Waals surface area contributed by atoms with Crippen LogP contribution in [0.25, 0.3) is 16.9 Å². The van der Waals surface area contributed by atoms with Gasteiger partial charge in [0.1, 0.15) is 5.69 Å². The average molecular weight is 422 g/mol. The summed E-state index contributed by atoms with van der Waals surface area (Å²) in [6.45, 7) is 0. The molecular weight excluding hydrogens is 398 g/mol. The molecular formula is C23H23N3O3S. The topological polar surface area (TPSA) is 72.3 Å². The molecule has 1 aromatic heterocycles. The predicted octanol–water partition coefficient (Wildman–Crippen LogP) is 3.33. The van der Waals surface area contributed by atoms with E-state index in [1.165, 1.54) is 0 Å². The van der Waals surface area contributed by atoms with Crippen LogP contribution in [0.4, 0.5) is 0 Å². The summed E-state index contributed by atoms with van der Waals surface area (Å²) in [5.41, 5.74) is 2.93. The van der Waals surface area contributed by atoms with Crippen LogP contribution in [0.15, 0.2) is 66.7 Å². The van der Waals surface area contributed by atoms with Crippen LogP contribution in [0.3, 0.4) is 0 Å². The van der Waals surface area contributed by atoms with Crippen molar-refractivity contribution in [1.82, 2.24) is 14.7 Å². The van der Waals surface area contributed by atoms with E-state index in [4.69, 9.17) is 5.10 Å². The third-order valence-electron chi connectivity index (χ3n) is 5.78. The molecule has 6 nitrogen and oxygen atoms in total. The molecule has 2 aromatic carbocycles. The molecule has 5 rings (SSSR count). The van der Waals surface area contributed by atoms with Crippen molar-refractivity contribution >= 4 is 15.7 Å². The van der Waals surface area contributed by atoms with Crippen molar-refractivity contribution in [2.24, 2.45) is 0 Å². The molecule has 1 saturated carbocycles. The lowest BCUT2D eigenvalue weighted by atomic mass is 10.1. The molecule has 7 heteroatoms. The fraction of sp³-hybridized carbons (Fsp3) is 0.304. The molecule has 1 atom stereocenters. The Morgan fingerprint density at radius 1 is 0.933 bits per heavy atom. The molecule has 154 valence electrons. The van der Waals surface area contributed by atoms with Crippen molar-refractivity contribution < 1.29 is 13.2 Å². The van der Waals surface area contributed by atoms with Gasteiger partial charge in [0.15, 0.2) is 9.84 Å². The van der Waals surface area contributed by atoms with E-state index in [1.54, 1.807) is 4.68 Å². The number of rotatable bonds is 5. The number of hydrogen-bond acceptors (Lipinski definition) is 4. The first-order chi connectivity index (χ1) is 14.5. The number of hydrogen-bond donors (Lipinski definition) is 0. The summed E-state index contributed by atoms with van der Waals surface area (Å²) >= 11 is 0. The minimum absolute atomic E-state index is 0.0558. The fourth-order valence-electron chi connectivity index (χ4n) is 4.16. The summed E-state index contributed by atoms with van der Waals surface area (Å²) in [6.07, 6.45) is 2.36. The van der Waals surface area contributed by atoms with E-state index >= 15 is 0 Å². The van der Waals surface area contributed by atoms with E-state index in [0.29, 0.717) is 12.1 Å². The second-order valence-electron chi connectivity index (χ2n) is 8.03. The monoisotopic (exact) mass is 421 g/mol. The van der Waals surface area contributed by atoms with Crippen LogP contribution < -0.4 is 0 Å². The molecule has 0 N–H and O–H groups in total. The van der Waals surface area contributed by atoms with Crippen LogP contribution in [-0.2, 0) is 9.84 Å². The zero-order valence-corrected chi connectivity index (χ0v) is 17.3. The van der Waals surface area contributed by atoms with Gasteiger partial charge in [-0.25, -0.2) is 13.1 Å². The molecule has 2 heterocycles. The fourth-order valence-corrected chi connectivity index (χ4v) is 5.87. The molecule has 1 aliphatic carbocycles. The van der Waals surface area contributed by atoms with Crippen LogP contribution in [-0.4, -0.2) is 52.6 Å². The Morgan fingerprint density at radius 3 is 2.20 bits per heavy atom. The van der Waals surface area contributed by atoms with E-state index < -0.39 is 9.84 Å². The highest BCUT2D eigenvalue weighted by Gasteiger charge is 2.43. The van der Waals surface area contributed by atoms with Crippen LogP contribution in [0.5, 0.6) is 0 Å². The molecule has 0 radical (unpaired) electrons. The molecule has 0 bridgehead atoms. The summed E-state index contributed by atoms with van der Waals surface area (Å²) in [7, 11) is -3.08. The van der Waals surface area contributed by atoms with Crippen molar-refractivity contribution in [2.45, 2.75) is 31.3 Å². The normalized spacial score (nSPS) is 20.2. The Bertz CT molecular complexity index is 1170. The lowest BCUT2D eigenvalue weighted by Gasteiger charge is -2.28. The maximum Gasteiger partial charge on any atom is 0.273 e.